The third kappa shape index (κ3) is 5.59. The Balaban J connectivity index is 2.53. The summed E-state index contributed by atoms with van der Waals surface area (Å²) in [6.45, 7) is 7.90. The van der Waals surface area contributed by atoms with E-state index in [9.17, 15) is 9.59 Å². The molecule has 1 aromatic carbocycles. The molecule has 10 heteroatoms. The van der Waals surface area contributed by atoms with Gasteiger partial charge in [0.05, 0.1) is 11.7 Å². The van der Waals surface area contributed by atoms with Crippen LogP contribution in [0.1, 0.15) is 39.3 Å². The molecule has 0 aromatic heterocycles. The number of benzene rings is 1. The summed E-state index contributed by atoms with van der Waals surface area (Å²) in [5, 5.41) is 1.07. The SMILES string of the molecule is CC(c1cc(Cl)ccc1Cl)N1CCN(C(=O)OC(C)(C)C)C(N)=C1C=C(N)C([NH3+])=O. The predicted octanol–water partition coefficient (Wildman–Crippen LogP) is 2.35. The van der Waals surface area contributed by atoms with Crippen molar-refractivity contribution in [1.82, 2.24) is 9.80 Å². The van der Waals surface area contributed by atoms with E-state index in [1.54, 1.807) is 39.0 Å². The zero-order chi connectivity index (χ0) is 22.8. The number of halogens is 2. The van der Waals surface area contributed by atoms with Crippen LogP contribution in [0.5, 0.6) is 0 Å². The minimum absolute atomic E-state index is 0.0895. The van der Waals surface area contributed by atoms with E-state index in [0.717, 1.165) is 5.56 Å². The zero-order valence-corrected chi connectivity index (χ0v) is 19.0. The molecule has 1 heterocycles. The first-order chi connectivity index (χ1) is 13.8. The molecule has 0 saturated heterocycles. The molecule has 164 valence electrons. The molecule has 8 nitrogen and oxygen atoms in total. The normalized spacial score (nSPS) is 16.6. The van der Waals surface area contributed by atoms with Crippen molar-refractivity contribution in [2.24, 2.45) is 11.5 Å². The third-order valence-corrected chi connectivity index (χ3v) is 5.11. The van der Waals surface area contributed by atoms with Crippen LogP contribution in [0.15, 0.2) is 41.5 Å². The molecule has 1 atom stereocenters. The first-order valence-electron chi connectivity index (χ1n) is 9.37. The van der Waals surface area contributed by atoms with Crippen LogP contribution in [0, 0.1) is 0 Å². The summed E-state index contributed by atoms with van der Waals surface area (Å²) < 4.78 is 5.45. The first-order valence-corrected chi connectivity index (χ1v) is 10.1. The van der Waals surface area contributed by atoms with Crippen molar-refractivity contribution in [3.05, 3.63) is 57.1 Å². The minimum Gasteiger partial charge on any atom is -0.443 e. The molecule has 0 bridgehead atoms. The number of carbonyl (C=O) groups is 2. The number of hydrogen-bond donors (Lipinski definition) is 3. The molecule has 2 amide bonds. The number of carbonyl (C=O) groups excluding carboxylic acids is 2. The number of hydrogen-bond acceptors (Lipinski definition) is 6. The second-order valence-electron chi connectivity index (χ2n) is 7.96. The molecule has 1 aliphatic rings. The van der Waals surface area contributed by atoms with Crippen molar-refractivity contribution in [2.45, 2.75) is 39.3 Å². The van der Waals surface area contributed by atoms with Crippen molar-refractivity contribution in [2.75, 3.05) is 13.1 Å². The van der Waals surface area contributed by atoms with E-state index in [2.05, 4.69) is 5.73 Å². The van der Waals surface area contributed by atoms with Crippen molar-refractivity contribution in [1.29, 1.82) is 0 Å². The molecule has 1 aromatic rings. The van der Waals surface area contributed by atoms with E-state index in [4.69, 9.17) is 39.4 Å². The molecule has 0 aliphatic carbocycles. The van der Waals surface area contributed by atoms with Crippen LogP contribution in [0.4, 0.5) is 4.79 Å². The van der Waals surface area contributed by atoms with Crippen molar-refractivity contribution in [3.63, 3.8) is 0 Å². The number of nitrogens with zero attached hydrogens (tertiary/aromatic N) is 2. The fraction of sp³-hybridized carbons (Fsp3) is 0.400. The summed E-state index contributed by atoms with van der Waals surface area (Å²) in [5.74, 6) is -0.442. The van der Waals surface area contributed by atoms with Gasteiger partial charge >= 0.3 is 12.0 Å². The van der Waals surface area contributed by atoms with Gasteiger partial charge in [0, 0.05) is 23.1 Å². The van der Waals surface area contributed by atoms with Gasteiger partial charge in [0.1, 0.15) is 17.1 Å². The number of rotatable bonds is 4. The average molecular weight is 457 g/mol. The highest BCUT2D eigenvalue weighted by atomic mass is 35.5. The zero-order valence-electron chi connectivity index (χ0n) is 17.5. The van der Waals surface area contributed by atoms with Gasteiger partial charge in [0.25, 0.3) is 0 Å². The standard InChI is InChI=1S/C20H27Cl2N5O3/c1-11(13-9-12(21)5-6-14(13)22)26-7-8-27(19(29)30-20(2,3)4)17(24)16(26)10-15(23)18(25)28/h5-6,9-11H,7-8,23-24H2,1-4H3,(H2,25,28)/p+1. The summed E-state index contributed by atoms with van der Waals surface area (Å²) >= 11 is 12.5. The number of quaternary nitrogens is 1. The lowest BCUT2D eigenvalue weighted by molar-refractivity contribution is -0.299. The number of amides is 2. The van der Waals surface area contributed by atoms with E-state index in [1.165, 1.54) is 11.0 Å². The fourth-order valence-electron chi connectivity index (χ4n) is 3.03. The van der Waals surface area contributed by atoms with Gasteiger partial charge < -0.3 is 21.1 Å². The Kier molecular flexibility index (Phi) is 7.28. The maximum Gasteiger partial charge on any atom is 0.416 e. The van der Waals surface area contributed by atoms with Gasteiger partial charge in [-0.3, -0.25) is 10.6 Å². The smallest absolute Gasteiger partial charge is 0.416 e. The van der Waals surface area contributed by atoms with Crippen molar-refractivity contribution < 1.29 is 20.1 Å². The fourth-order valence-corrected chi connectivity index (χ4v) is 3.49. The monoisotopic (exact) mass is 456 g/mol. The van der Waals surface area contributed by atoms with E-state index in [-0.39, 0.29) is 24.1 Å². The molecule has 0 fully saturated rings. The van der Waals surface area contributed by atoms with E-state index in [1.807, 2.05) is 11.8 Å². The maximum absolute atomic E-state index is 12.6. The first kappa shape index (κ1) is 23.9. The molecular weight excluding hydrogens is 429 g/mol. The molecule has 0 saturated carbocycles. The second-order valence-corrected chi connectivity index (χ2v) is 8.80. The van der Waals surface area contributed by atoms with Crippen LogP contribution in [0.3, 0.4) is 0 Å². The Morgan fingerprint density at radius 3 is 2.47 bits per heavy atom. The molecule has 2 rings (SSSR count). The topological polar surface area (TPSA) is 130 Å². The van der Waals surface area contributed by atoms with Gasteiger partial charge in [-0.25, -0.2) is 9.59 Å². The summed E-state index contributed by atoms with van der Waals surface area (Å²) in [5.41, 5.74) is 15.9. The molecule has 30 heavy (non-hydrogen) atoms. The molecule has 7 N–H and O–H groups in total. The van der Waals surface area contributed by atoms with Crippen molar-refractivity contribution in [3.8, 4) is 0 Å². The Morgan fingerprint density at radius 1 is 1.27 bits per heavy atom. The summed E-state index contributed by atoms with van der Waals surface area (Å²) in [4.78, 5) is 27.5. The van der Waals surface area contributed by atoms with Crippen LogP contribution in [-0.2, 0) is 9.53 Å². The number of ether oxygens (including phenoxy) is 1. The van der Waals surface area contributed by atoms with Crippen LogP contribution < -0.4 is 17.2 Å². The van der Waals surface area contributed by atoms with Gasteiger partial charge in [-0.2, -0.15) is 0 Å². The Hall–Kier alpha value is -2.42. The largest absolute Gasteiger partial charge is 0.443 e. The molecule has 0 radical (unpaired) electrons. The second kappa shape index (κ2) is 9.16. The van der Waals surface area contributed by atoms with Crippen LogP contribution >= 0.6 is 23.2 Å². The Labute approximate surface area is 186 Å². The highest BCUT2D eigenvalue weighted by Gasteiger charge is 2.33. The lowest BCUT2D eigenvalue weighted by Gasteiger charge is -2.41. The number of allylic oxidation sites excluding steroid dienone is 1. The summed E-state index contributed by atoms with van der Waals surface area (Å²) in [7, 11) is 0. The highest BCUT2D eigenvalue weighted by Crippen LogP contribution is 2.34. The lowest BCUT2D eigenvalue weighted by Crippen LogP contribution is -2.59. The van der Waals surface area contributed by atoms with E-state index < -0.39 is 17.6 Å². The number of nitrogens with two attached hydrogens (primary N) is 2. The van der Waals surface area contributed by atoms with Gasteiger partial charge in [0.15, 0.2) is 0 Å². The predicted molar refractivity (Wildman–Crippen MR) is 116 cm³/mol. The molecule has 1 unspecified atom stereocenters. The van der Waals surface area contributed by atoms with Crippen molar-refractivity contribution >= 4 is 35.2 Å². The van der Waals surface area contributed by atoms with Gasteiger partial charge in [-0.05, 0) is 57.5 Å². The quantitative estimate of drug-likeness (QED) is 0.596. The van der Waals surface area contributed by atoms with Gasteiger partial charge in [-0.15, -0.1) is 0 Å². The molecule has 0 spiro atoms. The minimum atomic E-state index is -0.686. The maximum atomic E-state index is 12.6. The van der Waals surface area contributed by atoms with Gasteiger partial charge in [-0.1, -0.05) is 23.2 Å². The Morgan fingerprint density at radius 2 is 1.90 bits per heavy atom. The third-order valence-electron chi connectivity index (χ3n) is 4.53. The molecule has 1 aliphatic heterocycles. The summed E-state index contributed by atoms with van der Waals surface area (Å²) in [6, 6.07) is 4.91. The van der Waals surface area contributed by atoms with Crippen LogP contribution in [-0.4, -0.2) is 40.5 Å². The Bertz CT molecular complexity index is 908. The van der Waals surface area contributed by atoms with E-state index >= 15 is 0 Å². The summed E-state index contributed by atoms with van der Waals surface area (Å²) in [6.07, 6.45) is 0.828. The van der Waals surface area contributed by atoms with E-state index in [0.29, 0.717) is 22.3 Å². The average Bonchev–Trinajstić information content (AvgIpc) is 2.62. The van der Waals surface area contributed by atoms with Crippen LogP contribution in [0.25, 0.3) is 0 Å². The highest BCUT2D eigenvalue weighted by molar-refractivity contribution is 6.33. The van der Waals surface area contributed by atoms with Crippen LogP contribution in [0.2, 0.25) is 10.0 Å². The lowest BCUT2D eigenvalue weighted by atomic mass is 10.0. The van der Waals surface area contributed by atoms with Gasteiger partial charge in [0.2, 0.25) is 0 Å². The molecular formula is C20H28Cl2N5O3+.